The Balaban J connectivity index is 1.31. The molecule has 2 aromatic heterocycles. The predicted molar refractivity (Wildman–Crippen MR) is 89.9 cm³/mol. The highest BCUT2D eigenvalue weighted by Gasteiger charge is 2.43. The van der Waals surface area contributed by atoms with E-state index in [0.29, 0.717) is 18.4 Å². The number of carbonyl (C=O) groups is 1. The van der Waals surface area contributed by atoms with E-state index in [4.69, 9.17) is 4.74 Å². The van der Waals surface area contributed by atoms with Gasteiger partial charge in [-0.3, -0.25) is 4.40 Å². The largest absolute Gasteiger partial charge is 0.493 e. The summed E-state index contributed by atoms with van der Waals surface area (Å²) in [7, 11) is 0. The molecule has 7 heteroatoms. The molecule has 2 unspecified atom stereocenters. The Hall–Kier alpha value is -2.31. The molecule has 0 aromatic carbocycles. The minimum Gasteiger partial charge on any atom is -0.493 e. The normalized spacial score (nSPS) is 28.5. The molecule has 5 rings (SSSR count). The van der Waals surface area contributed by atoms with Gasteiger partial charge in [-0.05, 0) is 50.4 Å². The Kier molecular flexibility index (Phi) is 3.36. The van der Waals surface area contributed by atoms with Crippen LogP contribution in [0.5, 0.6) is 5.75 Å². The smallest absolute Gasteiger partial charge is 0.407 e. The summed E-state index contributed by atoms with van der Waals surface area (Å²) in [5.74, 6) is 1.94. The zero-order valence-corrected chi connectivity index (χ0v) is 14.0. The molecule has 3 fully saturated rings. The molecule has 2 atom stereocenters. The maximum Gasteiger partial charge on any atom is 0.407 e. The molecule has 0 radical (unpaired) electrons. The Bertz CT molecular complexity index is 802. The van der Waals surface area contributed by atoms with Crippen LogP contribution in [-0.2, 0) is 0 Å². The van der Waals surface area contributed by atoms with Gasteiger partial charge in [0, 0.05) is 29.9 Å². The molecule has 1 saturated carbocycles. The Labute approximate surface area is 145 Å². The molecule has 1 amide bonds. The standard InChI is InChI=1S/C18H22N4O3/c23-18(24)22-13-3-4-14(22)6-11(5-13)9-25-16-7-17-20-19-10-21(17)8-15(16)12-1-2-12/h7-8,10-14H,1-6,9H2,(H,23,24). The van der Waals surface area contributed by atoms with Gasteiger partial charge in [-0.1, -0.05) is 0 Å². The number of aromatic nitrogens is 3. The van der Waals surface area contributed by atoms with Crippen molar-refractivity contribution in [2.45, 2.75) is 56.5 Å². The van der Waals surface area contributed by atoms with E-state index in [9.17, 15) is 9.90 Å². The van der Waals surface area contributed by atoms with Crippen molar-refractivity contribution in [3.8, 4) is 5.75 Å². The second kappa shape index (κ2) is 5.61. The summed E-state index contributed by atoms with van der Waals surface area (Å²) in [6.07, 6.45) is 9.29. The quantitative estimate of drug-likeness (QED) is 0.924. The van der Waals surface area contributed by atoms with Crippen LogP contribution in [-0.4, -0.2) is 49.4 Å². The van der Waals surface area contributed by atoms with Gasteiger partial charge >= 0.3 is 6.09 Å². The van der Waals surface area contributed by atoms with Crippen molar-refractivity contribution in [1.29, 1.82) is 0 Å². The van der Waals surface area contributed by atoms with Gasteiger partial charge in [-0.15, -0.1) is 10.2 Å². The van der Waals surface area contributed by atoms with Crippen LogP contribution in [0.1, 0.15) is 50.0 Å². The van der Waals surface area contributed by atoms with Gasteiger partial charge < -0.3 is 14.7 Å². The molecule has 3 aliphatic rings. The summed E-state index contributed by atoms with van der Waals surface area (Å²) >= 11 is 0. The number of fused-ring (bicyclic) bond motifs is 3. The van der Waals surface area contributed by atoms with Gasteiger partial charge in [0.25, 0.3) is 0 Å². The van der Waals surface area contributed by atoms with E-state index in [1.165, 1.54) is 18.4 Å². The Morgan fingerprint density at radius 3 is 2.68 bits per heavy atom. The summed E-state index contributed by atoms with van der Waals surface area (Å²) < 4.78 is 8.18. The van der Waals surface area contributed by atoms with E-state index >= 15 is 0 Å². The molecular formula is C18H22N4O3. The van der Waals surface area contributed by atoms with Crippen molar-refractivity contribution < 1.29 is 14.6 Å². The highest BCUT2D eigenvalue weighted by molar-refractivity contribution is 5.66. The van der Waals surface area contributed by atoms with Crippen molar-refractivity contribution >= 4 is 11.7 Å². The third-order valence-electron chi connectivity index (χ3n) is 5.97. The number of nitrogens with zero attached hydrogens (tertiary/aromatic N) is 4. The zero-order valence-electron chi connectivity index (χ0n) is 14.0. The molecule has 25 heavy (non-hydrogen) atoms. The van der Waals surface area contributed by atoms with Crippen LogP contribution in [0, 0.1) is 5.92 Å². The average Bonchev–Trinajstić information content (AvgIpc) is 3.27. The molecule has 4 heterocycles. The molecule has 2 aliphatic heterocycles. The average molecular weight is 342 g/mol. The highest BCUT2D eigenvalue weighted by Crippen LogP contribution is 2.45. The molecular weight excluding hydrogens is 320 g/mol. The molecule has 1 N–H and O–H groups in total. The van der Waals surface area contributed by atoms with Crippen molar-refractivity contribution in [3.63, 3.8) is 0 Å². The number of carboxylic acid groups (broad SMARTS) is 1. The highest BCUT2D eigenvalue weighted by atomic mass is 16.5. The Morgan fingerprint density at radius 1 is 1.24 bits per heavy atom. The third kappa shape index (κ3) is 2.62. The first kappa shape index (κ1) is 15.0. The van der Waals surface area contributed by atoms with E-state index in [2.05, 4.69) is 16.4 Å². The van der Waals surface area contributed by atoms with Gasteiger partial charge in [0.1, 0.15) is 12.1 Å². The number of pyridine rings is 1. The summed E-state index contributed by atoms with van der Waals surface area (Å²) in [6, 6.07) is 2.33. The van der Waals surface area contributed by atoms with Crippen LogP contribution in [0.2, 0.25) is 0 Å². The lowest BCUT2D eigenvalue weighted by Crippen LogP contribution is -2.46. The molecule has 2 saturated heterocycles. The van der Waals surface area contributed by atoms with Crippen molar-refractivity contribution in [3.05, 3.63) is 24.2 Å². The molecule has 2 bridgehead atoms. The summed E-state index contributed by atoms with van der Waals surface area (Å²) in [5, 5.41) is 17.5. The summed E-state index contributed by atoms with van der Waals surface area (Å²) in [5.41, 5.74) is 2.05. The van der Waals surface area contributed by atoms with Crippen molar-refractivity contribution in [2.75, 3.05) is 6.61 Å². The summed E-state index contributed by atoms with van der Waals surface area (Å²) in [6.45, 7) is 0.657. The summed E-state index contributed by atoms with van der Waals surface area (Å²) in [4.78, 5) is 13.1. The molecule has 7 nitrogen and oxygen atoms in total. The van der Waals surface area contributed by atoms with Gasteiger partial charge in [-0.25, -0.2) is 4.79 Å². The minimum atomic E-state index is -0.764. The lowest BCUT2D eigenvalue weighted by Gasteiger charge is -2.37. The van der Waals surface area contributed by atoms with Crippen LogP contribution >= 0.6 is 0 Å². The molecule has 132 valence electrons. The monoisotopic (exact) mass is 342 g/mol. The SMILES string of the molecule is O=C(O)N1C2CCC1CC(COc1cc3nncn3cc1C1CC1)C2. The Morgan fingerprint density at radius 2 is 2.00 bits per heavy atom. The maximum atomic E-state index is 11.4. The van der Waals surface area contributed by atoms with Crippen molar-refractivity contribution in [1.82, 2.24) is 19.5 Å². The van der Waals surface area contributed by atoms with E-state index in [1.54, 1.807) is 11.2 Å². The predicted octanol–water partition coefficient (Wildman–Crippen LogP) is 2.91. The molecule has 2 aromatic rings. The van der Waals surface area contributed by atoms with E-state index < -0.39 is 6.09 Å². The lowest BCUT2D eigenvalue weighted by atomic mass is 9.91. The van der Waals surface area contributed by atoms with Crippen molar-refractivity contribution in [2.24, 2.45) is 5.92 Å². The lowest BCUT2D eigenvalue weighted by molar-refractivity contribution is 0.0712. The number of ether oxygens (including phenoxy) is 1. The van der Waals surface area contributed by atoms with Gasteiger partial charge in [0.05, 0.1) is 6.61 Å². The van der Waals surface area contributed by atoms with E-state index in [1.807, 2.05) is 10.5 Å². The number of hydrogen-bond acceptors (Lipinski definition) is 4. The van der Waals surface area contributed by atoms with Crippen LogP contribution in [0.15, 0.2) is 18.6 Å². The minimum absolute atomic E-state index is 0.173. The molecule has 0 spiro atoms. The van der Waals surface area contributed by atoms with Crippen LogP contribution in [0.3, 0.4) is 0 Å². The fraction of sp³-hybridized carbons (Fsp3) is 0.611. The van der Waals surface area contributed by atoms with Crippen LogP contribution in [0.25, 0.3) is 5.65 Å². The van der Waals surface area contributed by atoms with Gasteiger partial charge in [-0.2, -0.15) is 0 Å². The maximum absolute atomic E-state index is 11.4. The van der Waals surface area contributed by atoms with Crippen LogP contribution < -0.4 is 4.74 Å². The second-order valence-electron chi connectivity index (χ2n) is 7.69. The fourth-order valence-corrected chi connectivity index (χ4v) is 4.64. The van der Waals surface area contributed by atoms with Gasteiger partial charge in [0.15, 0.2) is 5.65 Å². The van der Waals surface area contributed by atoms with Crippen LogP contribution in [0.4, 0.5) is 4.79 Å². The van der Waals surface area contributed by atoms with E-state index in [0.717, 1.165) is 37.1 Å². The number of hydrogen-bond donors (Lipinski definition) is 1. The first-order valence-corrected chi connectivity index (χ1v) is 9.16. The topological polar surface area (TPSA) is 80.0 Å². The van der Waals surface area contributed by atoms with Gasteiger partial charge in [0.2, 0.25) is 0 Å². The zero-order chi connectivity index (χ0) is 17.0. The first-order chi connectivity index (χ1) is 12.2. The third-order valence-corrected chi connectivity index (χ3v) is 5.97. The van der Waals surface area contributed by atoms with E-state index in [-0.39, 0.29) is 12.1 Å². The first-order valence-electron chi connectivity index (χ1n) is 9.16. The number of piperidine rings is 1. The molecule has 1 aliphatic carbocycles. The fourth-order valence-electron chi connectivity index (χ4n) is 4.64. The number of rotatable bonds is 4. The second-order valence-corrected chi connectivity index (χ2v) is 7.69. The number of amides is 1.